The highest BCUT2D eigenvalue weighted by Gasteiger charge is 2.28. The molecule has 1 aromatic heterocycles. The monoisotopic (exact) mass is 479 g/mol. The maximum atomic E-state index is 12.9. The van der Waals surface area contributed by atoms with Crippen LogP contribution in [0, 0.1) is 0 Å². The summed E-state index contributed by atoms with van der Waals surface area (Å²) in [4.78, 5) is 20.6. The lowest BCUT2D eigenvalue weighted by atomic mass is 10.0. The Morgan fingerprint density at radius 1 is 1.15 bits per heavy atom. The van der Waals surface area contributed by atoms with Gasteiger partial charge in [-0.25, -0.2) is 0 Å². The van der Waals surface area contributed by atoms with E-state index in [1.54, 1.807) is 29.1 Å². The zero-order chi connectivity index (χ0) is 23.4. The van der Waals surface area contributed by atoms with Crippen molar-refractivity contribution < 1.29 is 18.3 Å². The Labute approximate surface area is 197 Å². The fourth-order valence-electron chi connectivity index (χ4n) is 4.53. The molecule has 0 unspecified atom stereocenters. The van der Waals surface area contributed by atoms with Gasteiger partial charge < -0.3 is 14.5 Å². The molecule has 2 aliphatic rings. The number of alkyl halides is 2. The molecule has 2 aromatic rings. The Morgan fingerprint density at radius 3 is 2.55 bits per heavy atom. The van der Waals surface area contributed by atoms with Crippen LogP contribution in [0.3, 0.4) is 0 Å². The quantitative estimate of drug-likeness (QED) is 0.569. The lowest BCUT2D eigenvalue weighted by molar-refractivity contribution is -0.133. The summed E-state index contributed by atoms with van der Waals surface area (Å²) in [5.41, 5.74) is 0.990. The average molecular weight is 480 g/mol. The van der Waals surface area contributed by atoms with Crippen molar-refractivity contribution in [2.75, 3.05) is 52.6 Å². The standard InChI is InChI=1S/C23H31F2N5O2S/c1-27-11-13-28(14-12-27)17-5-8-29(9-6-17)22(31)16-30-10-7-20(26-30)19-15-18(33-2)3-4-21(19)32-23(24)25/h3-4,7,10,15,17,23H,5-6,8-9,11-14,16H2,1-2H3. The van der Waals surface area contributed by atoms with Crippen LogP contribution in [0.4, 0.5) is 8.78 Å². The summed E-state index contributed by atoms with van der Waals surface area (Å²) >= 11 is 1.51. The maximum absolute atomic E-state index is 12.9. The first kappa shape index (κ1) is 24.0. The summed E-state index contributed by atoms with van der Waals surface area (Å²) < 4.78 is 31.9. The lowest BCUT2D eigenvalue weighted by Crippen LogP contribution is -2.53. The minimum atomic E-state index is -2.92. The van der Waals surface area contributed by atoms with Gasteiger partial charge in [0.2, 0.25) is 5.91 Å². The Bertz CT molecular complexity index is 941. The summed E-state index contributed by atoms with van der Waals surface area (Å²) in [6, 6.07) is 7.32. The number of thioether (sulfide) groups is 1. The molecule has 1 aromatic carbocycles. The molecule has 0 radical (unpaired) electrons. The number of likely N-dealkylation sites (tertiary alicyclic amines) is 1. The highest BCUT2D eigenvalue weighted by atomic mass is 32.2. The van der Waals surface area contributed by atoms with Crippen molar-refractivity contribution in [3.8, 4) is 17.0 Å². The van der Waals surface area contributed by atoms with Crippen LogP contribution in [0.15, 0.2) is 35.4 Å². The zero-order valence-corrected chi connectivity index (χ0v) is 19.9. The number of hydrogen-bond donors (Lipinski definition) is 0. The molecule has 10 heteroatoms. The van der Waals surface area contributed by atoms with Gasteiger partial charge >= 0.3 is 6.61 Å². The number of likely N-dealkylation sites (N-methyl/N-ethyl adjacent to an activating group) is 1. The lowest BCUT2D eigenvalue weighted by Gasteiger charge is -2.42. The topological polar surface area (TPSA) is 53.8 Å². The minimum Gasteiger partial charge on any atom is -0.434 e. The number of hydrogen-bond acceptors (Lipinski definition) is 6. The van der Waals surface area contributed by atoms with Gasteiger partial charge in [-0.1, -0.05) is 0 Å². The van der Waals surface area contributed by atoms with E-state index in [-0.39, 0.29) is 18.2 Å². The summed E-state index contributed by atoms with van der Waals surface area (Å²) in [6.07, 6.45) is 5.62. The van der Waals surface area contributed by atoms with Crippen molar-refractivity contribution in [2.24, 2.45) is 0 Å². The molecule has 1 amide bonds. The molecular weight excluding hydrogens is 448 g/mol. The molecule has 2 aliphatic heterocycles. The average Bonchev–Trinajstić information content (AvgIpc) is 3.28. The fraction of sp³-hybridized carbons (Fsp3) is 0.565. The van der Waals surface area contributed by atoms with Gasteiger partial charge in [-0.05, 0) is 50.4 Å². The highest BCUT2D eigenvalue weighted by molar-refractivity contribution is 7.98. The molecule has 2 saturated heterocycles. The van der Waals surface area contributed by atoms with Crippen LogP contribution in [-0.4, -0.2) is 95.6 Å². The summed E-state index contributed by atoms with van der Waals surface area (Å²) in [6.45, 7) is 3.13. The van der Waals surface area contributed by atoms with E-state index < -0.39 is 6.61 Å². The van der Waals surface area contributed by atoms with Crippen molar-refractivity contribution in [3.63, 3.8) is 0 Å². The molecule has 180 valence electrons. The van der Waals surface area contributed by atoms with Crippen molar-refractivity contribution in [3.05, 3.63) is 30.5 Å². The van der Waals surface area contributed by atoms with Gasteiger partial charge in [0.05, 0.1) is 5.69 Å². The first-order valence-corrected chi connectivity index (χ1v) is 12.5. The maximum Gasteiger partial charge on any atom is 0.387 e. The van der Waals surface area contributed by atoms with E-state index in [9.17, 15) is 13.6 Å². The molecule has 0 saturated carbocycles. The van der Waals surface area contributed by atoms with E-state index in [0.717, 1.165) is 57.0 Å². The second-order valence-electron chi connectivity index (χ2n) is 8.59. The van der Waals surface area contributed by atoms with Gasteiger partial charge in [-0.2, -0.15) is 13.9 Å². The van der Waals surface area contributed by atoms with Crippen LogP contribution in [0.2, 0.25) is 0 Å². The third kappa shape index (κ3) is 6.04. The number of halogens is 2. The van der Waals surface area contributed by atoms with E-state index in [2.05, 4.69) is 26.7 Å². The van der Waals surface area contributed by atoms with Crippen LogP contribution in [0.25, 0.3) is 11.3 Å². The zero-order valence-electron chi connectivity index (χ0n) is 19.1. The molecule has 7 nitrogen and oxygen atoms in total. The molecule has 33 heavy (non-hydrogen) atoms. The fourth-order valence-corrected chi connectivity index (χ4v) is 4.97. The second kappa shape index (κ2) is 10.8. The van der Waals surface area contributed by atoms with Gasteiger partial charge in [0.15, 0.2) is 0 Å². The summed E-state index contributed by atoms with van der Waals surface area (Å²) in [5.74, 6) is 0.105. The van der Waals surface area contributed by atoms with Gasteiger partial charge in [-0.15, -0.1) is 11.8 Å². The van der Waals surface area contributed by atoms with Gasteiger partial charge in [0.25, 0.3) is 0 Å². The molecule has 4 rings (SSSR count). The summed E-state index contributed by atoms with van der Waals surface area (Å²) in [7, 11) is 2.16. The molecule has 0 spiro atoms. The third-order valence-corrected chi connectivity index (χ3v) is 7.21. The molecule has 0 atom stereocenters. The third-order valence-electron chi connectivity index (χ3n) is 6.49. The van der Waals surface area contributed by atoms with Crippen LogP contribution in [0.1, 0.15) is 12.8 Å². The Morgan fingerprint density at radius 2 is 1.88 bits per heavy atom. The predicted octanol–water partition coefficient (Wildman–Crippen LogP) is 3.11. The van der Waals surface area contributed by atoms with Crippen molar-refractivity contribution in [1.82, 2.24) is 24.5 Å². The van der Waals surface area contributed by atoms with Crippen LogP contribution < -0.4 is 4.74 Å². The molecular formula is C23H31F2N5O2S. The second-order valence-corrected chi connectivity index (χ2v) is 9.47. The molecule has 0 N–H and O–H groups in total. The van der Waals surface area contributed by atoms with Gasteiger partial charge in [0, 0.05) is 62.0 Å². The molecule has 0 aliphatic carbocycles. The van der Waals surface area contributed by atoms with Crippen molar-refractivity contribution in [2.45, 2.75) is 36.9 Å². The number of amides is 1. The highest BCUT2D eigenvalue weighted by Crippen LogP contribution is 2.33. The minimum absolute atomic E-state index is 0.0309. The number of piperazine rings is 1. The first-order valence-electron chi connectivity index (χ1n) is 11.3. The van der Waals surface area contributed by atoms with Crippen LogP contribution in [0.5, 0.6) is 5.75 Å². The van der Waals surface area contributed by atoms with Crippen molar-refractivity contribution in [1.29, 1.82) is 0 Å². The van der Waals surface area contributed by atoms with Gasteiger partial charge in [0.1, 0.15) is 12.3 Å². The van der Waals surface area contributed by atoms with E-state index in [0.29, 0.717) is 17.3 Å². The van der Waals surface area contributed by atoms with Crippen LogP contribution >= 0.6 is 11.8 Å². The number of aromatic nitrogens is 2. The van der Waals surface area contributed by atoms with E-state index in [1.165, 1.54) is 17.8 Å². The van der Waals surface area contributed by atoms with E-state index >= 15 is 0 Å². The number of carbonyl (C=O) groups is 1. The smallest absolute Gasteiger partial charge is 0.387 e. The van der Waals surface area contributed by atoms with E-state index in [1.807, 2.05) is 11.2 Å². The first-order chi connectivity index (χ1) is 15.9. The number of carbonyl (C=O) groups excluding carboxylic acids is 1. The number of benzene rings is 1. The number of ether oxygens (including phenoxy) is 1. The van der Waals surface area contributed by atoms with E-state index in [4.69, 9.17) is 0 Å². The summed E-state index contributed by atoms with van der Waals surface area (Å²) in [5, 5.41) is 4.48. The normalized spacial score (nSPS) is 18.8. The molecule has 2 fully saturated rings. The van der Waals surface area contributed by atoms with Gasteiger partial charge in [-0.3, -0.25) is 14.4 Å². The van der Waals surface area contributed by atoms with Crippen LogP contribution in [-0.2, 0) is 11.3 Å². The largest absolute Gasteiger partial charge is 0.434 e. The Hall–Kier alpha value is -2.17. The molecule has 3 heterocycles. The number of rotatable bonds is 7. The Balaban J connectivity index is 1.36. The van der Waals surface area contributed by atoms with Crippen molar-refractivity contribution >= 4 is 17.7 Å². The Kier molecular flexibility index (Phi) is 7.87. The SMILES string of the molecule is CSc1ccc(OC(F)F)c(-c2ccn(CC(=O)N3CCC(N4CCN(C)CC4)CC3)n2)c1. The number of piperidine rings is 1. The number of nitrogens with zero attached hydrogens (tertiary/aromatic N) is 5. The predicted molar refractivity (Wildman–Crippen MR) is 125 cm³/mol. The molecule has 0 bridgehead atoms.